The molecule has 0 amide bonds. The lowest BCUT2D eigenvalue weighted by molar-refractivity contribution is 0.0509. The predicted molar refractivity (Wildman–Crippen MR) is 175 cm³/mol. The zero-order valence-electron chi connectivity index (χ0n) is 25.0. The van der Waals surface area contributed by atoms with E-state index in [1.165, 1.54) is 18.8 Å². The van der Waals surface area contributed by atoms with Crippen LogP contribution >= 0.6 is 11.6 Å². The number of rotatable bonds is 9. The molecule has 6 aromatic rings. The SMILES string of the molecule is COc1ccc(C(=O)OCCc2c(C(c3ccccc3)c3c(O)c4cc(Cl)ccc4n(C)c3=O)[nH]c3ccccc23)cc1OC. The van der Waals surface area contributed by atoms with Crippen molar-refractivity contribution in [1.82, 2.24) is 9.55 Å². The molecule has 0 bridgehead atoms. The first-order valence-electron chi connectivity index (χ1n) is 14.4. The van der Waals surface area contributed by atoms with E-state index in [9.17, 15) is 14.7 Å². The van der Waals surface area contributed by atoms with Crippen LogP contribution < -0.4 is 15.0 Å². The van der Waals surface area contributed by atoms with Crippen LogP contribution in [-0.4, -0.2) is 41.5 Å². The summed E-state index contributed by atoms with van der Waals surface area (Å²) in [5.41, 5.74) is 4.03. The summed E-state index contributed by atoms with van der Waals surface area (Å²) in [6, 6.07) is 27.3. The number of aromatic amines is 1. The molecule has 2 N–H and O–H groups in total. The Balaban J connectivity index is 1.45. The zero-order chi connectivity index (χ0) is 31.7. The van der Waals surface area contributed by atoms with Crippen molar-refractivity contribution < 1.29 is 24.1 Å². The first kappa shape index (κ1) is 29.8. The lowest BCUT2D eigenvalue weighted by Gasteiger charge is -2.22. The van der Waals surface area contributed by atoms with Gasteiger partial charge in [0.25, 0.3) is 5.56 Å². The molecule has 2 aromatic heterocycles. The topological polar surface area (TPSA) is 103 Å². The number of aromatic hydroxyl groups is 1. The van der Waals surface area contributed by atoms with Gasteiger partial charge in [-0.3, -0.25) is 4.79 Å². The van der Waals surface area contributed by atoms with E-state index in [1.54, 1.807) is 43.4 Å². The minimum Gasteiger partial charge on any atom is -0.507 e. The molecule has 45 heavy (non-hydrogen) atoms. The Morgan fingerprint density at radius 2 is 1.64 bits per heavy atom. The maximum atomic E-state index is 14.0. The van der Waals surface area contributed by atoms with Crippen molar-refractivity contribution in [3.8, 4) is 17.2 Å². The second kappa shape index (κ2) is 12.4. The summed E-state index contributed by atoms with van der Waals surface area (Å²) in [6.07, 6.45) is 0.349. The fourth-order valence-electron chi connectivity index (χ4n) is 5.94. The smallest absolute Gasteiger partial charge is 0.338 e. The number of carbonyl (C=O) groups is 1. The molecule has 0 aliphatic heterocycles. The van der Waals surface area contributed by atoms with Crippen molar-refractivity contribution in [3.63, 3.8) is 0 Å². The highest BCUT2D eigenvalue weighted by Gasteiger charge is 2.30. The number of nitrogens with one attached hydrogen (secondary N) is 1. The number of nitrogens with zero attached hydrogens (tertiary/aromatic N) is 1. The number of H-pyrrole nitrogens is 1. The number of methoxy groups -OCH3 is 2. The highest BCUT2D eigenvalue weighted by molar-refractivity contribution is 6.31. The van der Waals surface area contributed by atoms with Crippen molar-refractivity contribution in [2.45, 2.75) is 12.3 Å². The van der Waals surface area contributed by atoms with Gasteiger partial charge in [-0.05, 0) is 53.6 Å². The van der Waals surface area contributed by atoms with Gasteiger partial charge in [0, 0.05) is 40.5 Å². The third-order valence-electron chi connectivity index (χ3n) is 8.13. The van der Waals surface area contributed by atoms with Gasteiger partial charge in [-0.2, -0.15) is 0 Å². The average Bonchev–Trinajstić information content (AvgIpc) is 3.43. The normalized spacial score (nSPS) is 11.9. The summed E-state index contributed by atoms with van der Waals surface area (Å²) in [5.74, 6) is -0.370. The van der Waals surface area contributed by atoms with Crippen LogP contribution in [-0.2, 0) is 18.2 Å². The van der Waals surface area contributed by atoms with Crippen molar-refractivity contribution in [3.05, 3.63) is 134 Å². The number of aromatic nitrogens is 2. The Labute approximate surface area is 264 Å². The fraction of sp³-hybridized carbons (Fsp3) is 0.167. The number of pyridine rings is 1. The standard InChI is InChI=1S/C36H31ClN2O6/c1-39-28-15-14-23(37)20-26(28)34(40)32(35(39)41)31(21-9-5-4-6-10-21)33-25(24-11-7-8-12-27(24)38-33)17-18-45-36(42)22-13-16-29(43-2)30(19-22)44-3/h4-16,19-20,31,38,40H,17-18H2,1-3H3. The molecule has 0 radical (unpaired) electrons. The summed E-state index contributed by atoms with van der Waals surface area (Å²) >= 11 is 6.33. The van der Waals surface area contributed by atoms with E-state index in [1.807, 2.05) is 54.6 Å². The summed E-state index contributed by atoms with van der Waals surface area (Å²) in [4.78, 5) is 30.6. The van der Waals surface area contributed by atoms with E-state index in [2.05, 4.69) is 4.98 Å². The highest BCUT2D eigenvalue weighted by Crippen LogP contribution is 2.41. The first-order valence-corrected chi connectivity index (χ1v) is 14.7. The quantitative estimate of drug-likeness (QED) is 0.169. The number of halogens is 1. The number of hydrogen-bond donors (Lipinski definition) is 2. The Bertz CT molecular complexity index is 2100. The van der Waals surface area contributed by atoms with Gasteiger partial charge >= 0.3 is 5.97 Å². The molecular weight excluding hydrogens is 592 g/mol. The number of fused-ring (bicyclic) bond motifs is 2. The number of aryl methyl sites for hydroxylation is 1. The number of ether oxygens (including phenoxy) is 3. The average molecular weight is 623 g/mol. The van der Waals surface area contributed by atoms with Gasteiger partial charge in [0.2, 0.25) is 0 Å². The Kier molecular flexibility index (Phi) is 8.24. The third kappa shape index (κ3) is 5.49. The molecule has 9 heteroatoms. The molecule has 4 aromatic carbocycles. The van der Waals surface area contributed by atoms with E-state index in [-0.39, 0.29) is 23.5 Å². The Hall–Kier alpha value is -5.21. The number of carbonyl (C=O) groups excluding carboxylic acids is 1. The summed E-state index contributed by atoms with van der Waals surface area (Å²) in [5, 5.41) is 13.6. The number of benzene rings is 4. The lowest BCUT2D eigenvalue weighted by Crippen LogP contribution is -2.25. The van der Waals surface area contributed by atoms with E-state index in [0.29, 0.717) is 39.4 Å². The molecular formula is C36H31ClN2O6. The van der Waals surface area contributed by atoms with Crippen molar-refractivity contribution >= 4 is 39.4 Å². The van der Waals surface area contributed by atoms with Gasteiger partial charge in [0.1, 0.15) is 5.75 Å². The van der Waals surface area contributed by atoms with Crippen LogP contribution in [0.2, 0.25) is 5.02 Å². The van der Waals surface area contributed by atoms with Gasteiger partial charge < -0.3 is 28.9 Å². The monoisotopic (exact) mass is 622 g/mol. The van der Waals surface area contributed by atoms with E-state index in [0.717, 1.165) is 27.7 Å². The maximum Gasteiger partial charge on any atom is 0.338 e. The second-order valence-corrected chi connectivity index (χ2v) is 11.1. The summed E-state index contributed by atoms with van der Waals surface area (Å²) in [7, 11) is 4.72. The summed E-state index contributed by atoms with van der Waals surface area (Å²) in [6.45, 7) is 0.0703. The molecule has 228 valence electrons. The number of hydrogen-bond acceptors (Lipinski definition) is 6. The second-order valence-electron chi connectivity index (χ2n) is 10.7. The maximum absolute atomic E-state index is 14.0. The van der Waals surface area contributed by atoms with Crippen LogP contribution in [0, 0.1) is 0 Å². The molecule has 6 rings (SSSR count). The van der Waals surface area contributed by atoms with Crippen LogP contribution in [0.3, 0.4) is 0 Å². The molecule has 2 heterocycles. The van der Waals surface area contributed by atoms with Gasteiger partial charge in [-0.15, -0.1) is 0 Å². The minimum atomic E-state index is -0.669. The van der Waals surface area contributed by atoms with Crippen LogP contribution in [0.5, 0.6) is 17.2 Å². The first-order chi connectivity index (χ1) is 21.8. The minimum absolute atomic E-state index is 0.0703. The van der Waals surface area contributed by atoms with Crippen molar-refractivity contribution in [1.29, 1.82) is 0 Å². The van der Waals surface area contributed by atoms with Gasteiger partial charge in [-0.25, -0.2) is 4.79 Å². The van der Waals surface area contributed by atoms with Gasteiger partial charge in [0.15, 0.2) is 11.5 Å². The van der Waals surface area contributed by atoms with Crippen molar-refractivity contribution in [2.24, 2.45) is 7.05 Å². The molecule has 0 spiro atoms. The third-order valence-corrected chi connectivity index (χ3v) is 8.36. The van der Waals surface area contributed by atoms with Crippen LogP contribution in [0.1, 0.15) is 38.7 Å². The molecule has 0 aliphatic rings. The van der Waals surface area contributed by atoms with Crippen LogP contribution in [0.25, 0.3) is 21.8 Å². The number of esters is 1. The molecule has 0 fully saturated rings. The largest absolute Gasteiger partial charge is 0.507 e. The molecule has 0 aliphatic carbocycles. The Morgan fingerprint density at radius 3 is 2.40 bits per heavy atom. The molecule has 0 saturated carbocycles. The zero-order valence-corrected chi connectivity index (χ0v) is 25.7. The van der Waals surface area contributed by atoms with Crippen molar-refractivity contribution in [2.75, 3.05) is 20.8 Å². The molecule has 8 nitrogen and oxygen atoms in total. The summed E-state index contributed by atoms with van der Waals surface area (Å²) < 4.78 is 17.9. The van der Waals surface area contributed by atoms with E-state index < -0.39 is 11.9 Å². The van der Waals surface area contributed by atoms with Crippen LogP contribution in [0.4, 0.5) is 0 Å². The molecule has 1 unspecified atom stereocenters. The van der Waals surface area contributed by atoms with Gasteiger partial charge in [-0.1, -0.05) is 60.1 Å². The van der Waals surface area contributed by atoms with E-state index >= 15 is 0 Å². The molecule has 0 saturated heterocycles. The van der Waals surface area contributed by atoms with Gasteiger partial charge in [0.05, 0.1) is 43.4 Å². The molecule has 1 atom stereocenters. The fourth-order valence-corrected chi connectivity index (χ4v) is 6.11. The lowest BCUT2D eigenvalue weighted by atomic mass is 9.85. The predicted octanol–water partition coefficient (Wildman–Crippen LogP) is 6.98. The van der Waals surface area contributed by atoms with Crippen LogP contribution in [0.15, 0.2) is 95.8 Å². The highest BCUT2D eigenvalue weighted by atomic mass is 35.5. The Morgan fingerprint density at radius 1 is 0.911 bits per heavy atom. The number of para-hydroxylation sites is 1. The van der Waals surface area contributed by atoms with E-state index in [4.69, 9.17) is 25.8 Å².